The molecule has 0 aliphatic carbocycles. The SMILES string of the molecule is C=C(C)C(=O)C(=O)CCCCCCCCCC(C(=O)O)C(=O)O. The van der Waals surface area contributed by atoms with Crippen LogP contribution in [0.3, 0.4) is 0 Å². The van der Waals surface area contributed by atoms with E-state index in [4.69, 9.17) is 10.2 Å². The number of allylic oxidation sites excluding steroid dienone is 1. The molecule has 0 rings (SSSR count). The highest BCUT2D eigenvalue weighted by atomic mass is 16.4. The van der Waals surface area contributed by atoms with Crippen molar-refractivity contribution in [2.24, 2.45) is 5.92 Å². The highest BCUT2D eigenvalue weighted by Crippen LogP contribution is 2.14. The van der Waals surface area contributed by atoms with Crippen molar-refractivity contribution in [2.75, 3.05) is 0 Å². The molecule has 6 nitrogen and oxygen atoms in total. The molecule has 6 heteroatoms. The summed E-state index contributed by atoms with van der Waals surface area (Å²) in [6.07, 6.45) is 6.12. The smallest absolute Gasteiger partial charge is 0.317 e. The summed E-state index contributed by atoms with van der Waals surface area (Å²) < 4.78 is 0. The van der Waals surface area contributed by atoms with Gasteiger partial charge in [-0.3, -0.25) is 19.2 Å². The fourth-order valence-electron chi connectivity index (χ4n) is 2.22. The summed E-state index contributed by atoms with van der Waals surface area (Å²) >= 11 is 0. The van der Waals surface area contributed by atoms with E-state index in [0.29, 0.717) is 12.8 Å². The summed E-state index contributed by atoms with van der Waals surface area (Å²) in [6, 6.07) is 0. The van der Waals surface area contributed by atoms with E-state index in [1.165, 1.54) is 6.92 Å². The molecule has 0 fully saturated rings. The van der Waals surface area contributed by atoms with Crippen LogP contribution >= 0.6 is 0 Å². The molecular weight excluding hydrogens is 300 g/mol. The van der Waals surface area contributed by atoms with Crippen LogP contribution in [0.15, 0.2) is 12.2 Å². The number of aliphatic carboxylic acids is 2. The quantitative estimate of drug-likeness (QED) is 0.220. The van der Waals surface area contributed by atoms with Crippen LogP contribution in [-0.4, -0.2) is 33.7 Å². The number of hydrogen-bond acceptors (Lipinski definition) is 4. The van der Waals surface area contributed by atoms with Gasteiger partial charge in [-0.05, 0) is 25.3 Å². The summed E-state index contributed by atoms with van der Waals surface area (Å²) in [4.78, 5) is 44.1. The van der Waals surface area contributed by atoms with Crippen LogP contribution in [0, 0.1) is 5.92 Å². The number of unbranched alkanes of at least 4 members (excludes halogenated alkanes) is 6. The molecule has 0 radical (unpaired) electrons. The first-order valence-corrected chi connectivity index (χ1v) is 7.96. The van der Waals surface area contributed by atoms with Crippen LogP contribution in [0.5, 0.6) is 0 Å². The number of carbonyl (C=O) groups is 4. The Morgan fingerprint density at radius 3 is 1.70 bits per heavy atom. The maximum atomic E-state index is 11.4. The lowest BCUT2D eigenvalue weighted by molar-refractivity contribution is -0.154. The normalized spacial score (nSPS) is 10.5. The Morgan fingerprint density at radius 2 is 1.26 bits per heavy atom. The molecule has 0 aliphatic rings. The Balaban J connectivity index is 3.59. The molecule has 0 aliphatic heterocycles. The van der Waals surface area contributed by atoms with Gasteiger partial charge in [0.05, 0.1) is 0 Å². The molecule has 0 aromatic carbocycles. The minimum atomic E-state index is -1.31. The summed E-state index contributed by atoms with van der Waals surface area (Å²) in [5, 5.41) is 17.4. The van der Waals surface area contributed by atoms with Gasteiger partial charge < -0.3 is 10.2 Å². The molecule has 23 heavy (non-hydrogen) atoms. The van der Waals surface area contributed by atoms with E-state index in [9.17, 15) is 19.2 Å². The topological polar surface area (TPSA) is 109 Å². The minimum Gasteiger partial charge on any atom is -0.481 e. The summed E-state index contributed by atoms with van der Waals surface area (Å²) in [5.41, 5.74) is 0.274. The molecule has 0 spiro atoms. The van der Waals surface area contributed by atoms with Crippen LogP contribution in [0.1, 0.15) is 64.7 Å². The Labute approximate surface area is 136 Å². The monoisotopic (exact) mass is 326 g/mol. The van der Waals surface area contributed by atoms with Crippen LogP contribution in [-0.2, 0) is 19.2 Å². The first-order valence-electron chi connectivity index (χ1n) is 7.96. The van der Waals surface area contributed by atoms with Gasteiger partial charge in [-0.2, -0.15) is 0 Å². The van der Waals surface area contributed by atoms with Crippen molar-refractivity contribution in [3.05, 3.63) is 12.2 Å². The van der Waals surface area contributed by atoms with Crippen molar-refractivity contribution in [1.82, 2.24) is 0 Å². The summed E-state index contributed by atoms with van der Waals surface area (Å²) in [5.74, 6) is -4.76. The minimum absolute atomic E-state index is 0.155. The fourth-order valence-corrected chi connectivity index (χ4v) is 2.22. The van der Waals surface area contributed by atoms with Gasteiger partial charge in [0.25, 0.3) is 0 Å². The van der Waals surface area contributed by atoms with Crippen molar-refractivity contribution < 1.29 is 29.4 Å². The molecule has 0 heterocycles. The molecular formula is C17H26O6. The highest BCUT2D eigenvalue weighted by Gasteiger charge is 2.24. The average Bonchev–Trinajstić information content (AvgIpc) is 2.47. The lowest BCUT2D eigenvalue weighted by atomic mass is 10.00. The van der Waals surface area contributed by atoms with Gasteiger partial charge >= 0.3 is 11.9 Å². The second-order valence-corrected chi connectivity index (χ2v) is 5.78. The molecule has 0 saturated carbocycles. The molecule has 0 aromatic heterocycles. The predicted octanol–water partition coefficient (Wildman–Crippen LogP) is 3.00. The van der Waals surface area contributed by atoms with Gasteiger partial charge in [0, 0.05) is 6.42 Å². The van der Waals surface area contributed by atoms with Gasteiger partial charge in [0.2, 0.25) is 11.6 Å². The summed E-state index contributed by atoms with van der Waals surface area (Å²) in [7, 11) is 0. The molecule has 0 unspecified atom stereocenters. The Kier molecular flexibility index (Phi) is 10.6. The maximum Gasteiger partial charge on any atom is 0.317 e. The highest BCUT2D eigenvalue weighted by molar-refractivity contribution is 6.43. The number of hydrogen-bond donors (Lipinski definition) is 2. The third kappa shape index (κ3) is 9.60. The largest absolute Gasteiger partial charge is 0.481 e. The van der Waals surface area contributed by atoms with E-state index in [2.05, 4.69) is 6.58 Å². The molecule has 0 saturated heterocycles. The van der Waals surface area contributed by atoms with Crippen molar-refractivity contribution >= 4 is 23.5 Å². The predicted molar refractivity (Wildman–Crippen MR) is 85.1 cm³/mol. The van der Waals surface area contributed by atoms with Crippen LogP contribution in [0.4, 0.5) is 0 Å². The van der Waals surface area contributed by atoms with E-state index in [0.717, 1.165) is 32.1 Å². The van der Waals surface area contributed by atoms with Crippen molar-refractivity contribution in [1.29, 1.82) is 0 Å². The lowest BCUT2D eigenvalue weighted by Gasteiger charge is -2.06. The number of ketones is 2. The van der Waals surface area contributed by atoms with Gasteiger partial charge in [-0.1, -0.05) is 45.1 Å². The molecule has 2 N–H and O–H groups in total. The van der Waals surface area contributed by atoms with Gasteiger partial charge in [-0.15, -0.1) is 0 Å². The van der Waals surface area contributed by atoms with Gasteiger partial charge in [0.1, 0.15) is 0 Å². The lowest BCUT2D eigenvalue weighted by Crippen LogP contribution is -2.23. The zero-order valence-corrected chi connectivity index (χ0v) is 13.7. The molecule has 0 aromatic rings. The van der Waals surface area contributed by atoms with Crippen LogP contribution in [0.2, 0.25) is 0 Å². The summed E-state index contributed by atoms with van der Waals surface area (Å²) in [6.45, 7) is 4.98. The molecule has 0 atom stereocenters. The zero-order chi connectivity index (χ0) is 17.8. The molecule has 0 bridgehead atoms. The Hall–Kier alpha value is -1.98. The maximum absolute atomic E-state index is 11.4. The van der Waals surface area contributed by atoms with Crippen molar-refractivity contribution in [3.63, 3.8) is 0 Å². The number of carboxylic acids is 2. The van der Waals surface area contributed by atoms with Gasteiger partial charge in [-0.25, -0.2) is 0 Å². The third-order valence-electron chi connectivity index (χ3n) is 3.63. The van der Waals surface area contributed by atoms with Crippen molar-refractivity contribution in [3.8, 4) is 0 Å². The van der Waals surface area contributed by atoms with Gasteiger partial charge in [0.15, 0.2) is 5.92 Å². The van der Waals surface area contributed by atoms with E-state index in [-0.39, 0.29) is 24.2 Å². The van der Waals surface area contributed by atoms with Crippen LogP contribution in [0.25, 0.3) is 0 Å². The van der Waals surface area contributed by atoms with E-state index < -0.39 is 23.6 Å². The number of carbonyl (C=O) groups excluding carboxylic acids is 2. The second-order valence-electron chi connectivity index (χ2n) is 5.78. The average molecular weight is 326 g/mol. The Bertz CT molecular complexity index is 438. The Morgan fingerprint density at radius 1 is 0.826 bits per heavy atom. The number of rotatable bonds is 14. The fraction of sp³-hybridized carbons (Fsp3) is 0.647. The molecule has 130 valence electrons. The zero-order valence-electron chi connectivity index (χ0n) is 13.7. The van der Waals surface area contributed by atoms with Crippen molar-refractivity contribution in [2.45, 2.75) is 64.7 Å². The first-order chi connectivity index (χ1) is 10.8. The third-order valence-corrected chi connectivity index (χ3v) is 3.63. The molecule has 0 amide bonds. The van der Waals surface area contributed by atoms with Crippen LogP contribution < -0.4 is 0 Å². The number of Topliss-reactive ketones (excluding diaryl/α,β-unsaturated/α-hetero) is 2. The van der Waals surface area contributed by atoms with E-state index in [1.54, 1.807) is 0 Å². The standard InChI is InChI=1S/C17H26O6/c1-12(2)15(19)14(18)11-9-7-5-3-4-6-8-10-13(16(20)21)17(22)23/h13H,1,3-11H2,2H3,(H,20,21)(H,22,23). The number of carboxylic acid groups (broad SMARTS) is 2. The van der Waals surface area contributed by atoms with E-state index >= 15 is 0 Å². The first kappa shape index (κ1) is 21.0. The second kappa shape index (κ2) is 11.6. The van der Waals surface area contributed by atoms with E-state index in [1.807, 2.05) is 0 Å².